The molecule has 1 aromatic rings. The predicted molar refractivity (Wildman–Crippen MR) is 88.1 cm³/mol. The molecule has 4 heteroatoms. The van der Waals surface area contributed by atoms with E-state index in [1.54, 1.807) is 32.2 Å². The molecule has 0 atom stereocenters. The van der Waals surface area contributed by atoms with Crippen molar-refractivity contribution in [1.82, 2.24) is 5.32 Å². The normalized spacial score (nSPS) is 11.8. The van der Waals surface area contributed by atoms with Gasteiger partial charge in [0.05, 0.1) is 0 Å². The Morgan fingerprint density at radius 3 is 2.68 bits per heavy atom. The maximum Gasteiger partial charge on any atom is 0.244 e. The third kappa shape index (κ3) is 5.98. The van der Waals surface area contributed by atoms with E-state index in [0.717, 1.165) is 24.0 Å². The van der Waals surface area contributed by atoms with Crippen molar-refractivity contribution in [1.29, 1.82) is 0 Å². The van der Waals surface area contributed by atoms with Crippen LogP contribution in [0.3, 0.4) is 0 Å². The lowest BCUT2D eigenvalue weighted by molar-refractivity contribution is -0.116. The van der Waals surface area contributed by atoms with Gasteiger partial charge in [-0.2, -0.15) is 0 Å². The number of carbonyl (C=O) groups excluding carboxylic acids is 1. The number of methoxy groups -OCH3 is 1. The largest absolute Gasteiger partial charge is 0.385 e. The van der Waals surface area contributed by atoms with Gasteiger partial charge >= 0.3 is 0 Å². The van der Waals surface area contributed by atoms with Gasteiger partial charge in [0.15, 0.2) is 0 Å². The third-order valence-electron chi connectivity index (χ3n) is 3.47. The van der Waals surface area contributed by atoms with E-state index in [4.69, 9.17) is 4.74 Å². The van der Waals surface area contributed by atoms with E-state index in [-0.39, 0.29) is 17.6 Å². The van der Waals surface area contributed by atoms with Crippen molar-refractivity contribution in [2.75, 3.05) is 20.3 Å². The van der Waals surface area contributed by atoms with Gasteiger partial charge in [0, 0.05) is 26.3 Å². The number of halogens is 1. The molecule has 0 saturated carbocycles. The molecular weight excluding hydrogens is 281 g/mol. The maximum absolute atomic E-state index is 13.4. The maximum atomic E-state index is 13.4. The molecule has 3 nitrogen and oxygen atoms in total. The van der Waals surface area contributed by atoms with Gasteiger partial charge in [0.2, 0.25) is 5.91 Å². The molecule has 0 radical (unpaired) electrons. The zero-order chi connectivity index (χ0) is 16.5. The third-order valence-corrected chi connectivity index (χ3v) is 3.47. The molecule has 0 bridgehead atoms. The molecule has 1 rings (SSSR count). The van der Waals surface area contributed by atoms with Gasteiger partial charge in [-0.3, -0.25) is 4.79 Å². The van der Waals surface area contributed by atoms with E-state index in [1.165, 1.54) is 6.07 Å². The molecule has 0 aliphatic rings. The molecule has 0 aliphatic carbocycles. The van der Waals surface area contributed by atoms with Crippen molar-refractivity contribution < 1.29 is 13.9 Å². The Bertz CT molecular complexity index is 524. The second kappa shape index (κ2) is 9.36. The summed E-state index contributed by atoms with van der Waals surface area (Å²) in [5.74, 6) is -0.151. The summed E-state index contributed by atoms with van der Waals surface area (Å²) < 4.78 is 18.4. The van der Waals surface area contributed by atoms with Crippen molar-refractivity contribution in [2.45, 2.75) is 33.6 Å². The van der Waals surface area contributed by atoms with E-state index < -0.39 is 0 Å². The van der Waals surface area contributed by atoms with E-state index in [0.29, 0.717) is 18.7 Å². The quantitative estimate of drug-likeness (QED) is 0.587. The summed E-state index contributed by atoms with van der Waals surface area (Å²) in [4.78, 5) is 12.0. The molecule has 1 amide bonds. The van der Waals surface area contributed by atoms with E-state index in [1.807, 2.05) is 13.8 Å². The first kappa shape index (κ1) is 18.4. The van der Waals surface area contributed by atoms with Crippen LogP contribution in [0.1, 0.15) is 37.8 Å². The molecular formula is C18H26FNO2. The number of ether oxygens (including phenoxy) is 1. The predicted octanol–water partition coefficient (Wildman–Crippen LogP) is 3.72. The number of nitrogens with one attached hydrogen (secondary N) is 1. The SMILES string of the molecule is COCCCCNC(=O)/C=C(/c1ccc(F)c(C)c1)C(C)C. The van der Waals surface area contributed by atoms with E-state index in [2.05, 4.69) is 5.32 Å². The number of aryl methyl sites for hydroxylation is 1. The van der Waals surface area contributed by atoms with Crippen LogP contribution < -0.4 is 5.32 Å². The summed E-state index contributed by atoms with van der Waals surface area (Å²) in [6.07, 6.45) is 3.43. The van der Waals surface area contributed by atoms with Crippen molar-refractivity contribution in [3.8, 4) is 0 Å². The Hall–Kier alpha value is -1.68. The summed E-state index contributed by atoms with van der Waals surface area (Å²) >= 11 is 0. The molecule has 0 aliphatic heterocycles. The molecule has 0 spiro atoms. The number of amides is 1. The van der Waals surface area contributed by atoms with Crippen LogP contribution in [0.2, 0.25) is 0 Å². The summed E-state index contributed by atoms with van der Waals surface area (Å²) in [5.41, 5.74) is 2.39. The van der Waals surface area contributed by atoms with Gasteiger partial charge in [-0.1, -0.05) is 19.9 Å². The number of benzene rings is 1. The number of carbonyl (C=O) groups is 1. The Kier molecular flexibility index (Phi) is 7.82. The Morgan fingerprint density at radius 2 is 2.09 bits per heavy atom. The van der Waals surface area contributed by atoms with Crippen molar-refractivity contribution in [3.63, 3.8) is 0 Å². The van der Waals surface area contributed by atoms with Crippen LogP contribution in [-0.4, -0.2) is 26.2 Å². The minimum Gasteiger partial charge on any atom is -0.385 e. The zero-order valence-corrected chi connectivity index (χ0v) is 13.9. The van der Waals surface area contributed by atoms with Crippen LogP contribution in [0.4, 0.5) is 4.39 Å². The average Bonchev–Trinajstić information content (AvgIpc) is 2.47. The van der Waals surface area contributed by atoms with Crippen LogP contribution >= 0.6 is 0 Å². The van der Waals surface area contributed by atoms with Gasteiger partial charge < -0.3 is 10.1 Å². The smallest absolute Gasteiger partial charge is 0.244 e. The molecule has 0 saturated heterocycles. The summed E-state index contributed by atoms with van der Waals surface area (Å²) in [6.45, 7) is 7.11. The second-order valence-electron chi connectivity index (χ2n) is 5.71. The molecule has 0 aromatic heterocycles. The van der Waals surface area contributed by atoms with Gasteiger partial charge in [-0.15, -0.1) is 0 Å². The molecule has 0 fully saturated rings. The minimum atomic E-state index is -0.227. The van der Waals surface area contributed by atoms with Crippen LogP contribution in [0.5, 0.6) is 0 Å². The topological polar surface area (TPSA) is 38.3 Å². The van der Waals surface area contributed by atoms with Crippen LogP contribution in [0.15, 0.2) is 24.3 Å². The highest BCUT2D eigenvalue weighted by molar-refractivity contribution is 5.95. The molecule has 22 heavy (non-hydrogen) atoms. The van der Waals surface area contributed by atoms with Crippen LogP contribution in [0, 0.1) is 18.7 Å². The van der Waals surface area contributed by atoms with Crippen molar-refractivity contribution in [3.05, 3.63) is 41.2 Å². The van der Waals surface area contributed by atoms with Crippen LogP contribution in [-0.2, 0) is 9.53 Å². The Morgan fingerprint density at radius 1 is 1.36 bits per heavy atom. The molecule has 122 valence electrons. The Labute approximate surface area is 132 Å². The standard InChI is InChI=1S/C18H26FNO2/c1-13(2)16(15-7-8-17(19)14(3)11-15)12-18(21)20-9-5-6-10-22-4/h7-8,11-13H,5-6,9-10H2,1-4H3,(H,20,21)/b16-12+. The van der Waals surface area contributed by atoms with E-state index in [9.17, 15) is 9.18 Å². The fourth-order valence-electron chi connectivity index (χ4n) is 2.18. The fourth-order valence-corrected chi connectivity index (χ4v) is 2.18. The molecule has 1 aromatic carbocycles. The lowest BCUT2D eigenvalue weighted by Gasteiger charge is -2.13. The molecule has 1 N–H and O–H groups in total. The van der Waals surface area contributed by atoms with Gasteiger partial charge in [-0.05, 0) is 54.5 Å². The number of hydrogen-bond acceptors (Lipinski definition) is 2. The highest BCUT2D eigenvalue weighted by atomic mass is 19.1. The lowest BCUT2D eigenvalue weighted by atomic mass is 9.93. The number of unbranched alkanes of at least 4 members (excludes halogenated alkanes) is 1. The van der Waals surface area contributed by atoms with E-state index >= 15 is 0 Å². The van der Waals surface area contributed by atoms with Crippen molar-refractivity contribution >= 4 is 11.5 Å². The first-order valence-corrected chi connectivity index (χ1v) is 7.70. The summed E-state index contributed by atoms with van der Waals surface area (Å²) in [5, 5.41) is 2.88. The first-order chi connectivity index (χ1) is 10.5. The first-order valence-electron chi connectivity index (χ1n) is 7.70. The zero-order valence-electron chi connectivity index (χ0n) is 13.9. The lowest BCUT2D eigenvalue weighted by Crippen LogP contribution is -2.23. The average molecular weight is 307 g/mol. The number of rotatable bonds is 8. The number of allylic oxidation sites excluding steroid dienone is 1. The summed E-state index contributed by atoms with van der Waals surface area (Å²) in [6, 6.07) is 4.95. The summed E-state index contributed by atoms with van der Waals surface area (Å²) in [7, 11) is 1.67. The highest BCUT2D eigenvalue weighted by Crippen LogP contribution is 2.24. The molecule has 0 heterocycles. The minimum absolute atomic E-state index is 0.108. The van der Waals surface area contributed by atoms with Gasteiger partial charge in [-0.25, -0.2) is 4.39 Å². The fraction of sp³-hybridized carbons (Fsp3) is 0.500. The second-order valence-corrected chi connectivity index (χ2v) is 5.71. The monoisotopic (exact) mass is 307 g/mol. The van der Waals surface area contributed by atoms with Gasteiger partial charge in [0.25, 0.3) is 0 Å². The van der Waals surface area contributed by atoms with Crippen molar-refractivity contribution in [2.24, 2.45) is 5.92 Å². The molecule has 0 unspecified atom stereocenters. The Balaban J connectivity index is 2.73. The van der Waals surface area contributed by atoms with Crippen LogP contribution in [0.25, 0.3) is 5.57 Å². The highest BCUT2D eigenvalue weighted by Gasteiger charge is 2.10. The van der Waals surface area contributed by atoms with Gasteiger partial charge in [0.1, 0.15) is 5.82 Å². The number of hydrogen-bond donors (Lipinski definition) is 1.